The van der Waals surface area contributed by atoms with Crippen molar-refractivity contribution >= 4 is 17.5 Å². The van der Waals surface area contributed by atoms with E-state index in [1.807, 2.05) is 18.2 Å². The maximum atomic E-state index is 6.27. The number of nitrogens with two attached hydrogens (primary N) is 1. The Morgan fingerprint density at radius 2 is 2.17 bits per heavy atom. The van der Waals surface area contributed by atoms with Gasteiger partial charge in [-0.2, -0.15) is 0 Å². The molecule has 0 amide bonds. The van der Waals surface area contributed by atoms with Crippen molar-refractivity contribution in [2.24, 2.45) is 0 Å². The lowest BCUT2D eigenvalue weighted by Gasteiger charge is -2.26. The largest absolute Gasteiger partial charge is 0.367 e. The summed E-state index contributed by atoms with van der Waals surface area (Å²) in [6.07, 6.45) is 1.88. The predicted molar refractivity (Wildman–Crippen MR) is 71.8 cm³/mol. The van der Waals surface area contributed by atoms with E-state index in [4.69, 9.17) is 21.9 Å². The maximum absolute atomic E-state index is 6.27. The Kier molecular flexibility index (Phi) is 2.78. The second-order valence-electron chi connectivity index (χ2n) is 4.97. The van der Waals surface area contributed by atoms with Gasteiger partial charge in [-0.05, 0) is 29.9 Å². The van der Waals surface area contributed by atoms with E-state index in [-0.39, 0.29) is 0 Å². The summed E-state index contributed by atoms with van der Waals surface area (Å²) < 4.78 is 5.10. The third-order valence-corrected chi connectivity index (χ3v) is 4.09. The van der Waals surface area contributed by atoms with Crippen molar-refractivity contribution in [3.05, 3.63) is 46.1 Å². The molecule has 2 aromatic rings. The second kappa shape index (κ2) is 4.32. The Labute approximate surface area is 111 Å². The first-order chi connectivity index (χ1) is 8.66. The molecule has 1 aliphatic rings. The highest BCUT2D eigenvalue weighted by atomic mass is 35.5. The fourth-order valence-corrected chi connectivity index (χ4v) is 3.21. The molecule has 3 nitrogen and oxygen atoms in total. The summed E-state index contributed by atoms with van der Waals surface area (Å²) in [4.78, 5) is 0. The molecule has 1 heterocycles. The summed E-state index contributed by atoms with van der Waals surface area (Å²) in [5.41, 5.74) is 9.07. The standard InChI is InChI=1S/C14H15ClN2O/c1-8-6-9(10-4-2-3-5-11(10)15)7-12-13(8)14(16)18-17-12/h2-5,8-9H,6-7,16H2,1H3. The Balaban J connectivity index is 1.97. The molecule has 2 atom stereocenters. The van der Waals surface area contributed by atoms with Gasteiger partial charge in [0, 0.05) is 17.0 Å². The van der Waals surface area contributed by atoms with E-state index in [2.05, 4.69) is 18.1 Å². The minimum atomic E-state index is 0.362. The third kappa shape index (κ3) is 1.79. The van der Waals surface area contributed by atoms with Crippen molar-refractivity contribution < 1.29 is 4.52 Å². The van der Waals surface area contributed by atoms with Crippen molar-refractivity contribution in [3.8, 4) is 0 Å². The summed E-state index contributed by atoms with van der Waals surface area (Å²) in [6, 6.07) is 8.01. The lowest BCUT2D eigenvalue weighted by Crippen LogP contribution is -2.16. The van der Waals surface area contributed by atoms with Crippen molar-refractivity contribution in [1.82, 2.24) is 5.16 Å². The van der Waals surface area contributed by atoms with Crippen molar-refractivity contribution in [2.75, 3.05) is 5.73 Å². The molecule has 18 heavy (non-hydrogen) atoms. The zero-order valence-electron chi connectivity index (χ0n) is 10.2. The average Bonchev–Trinajstić information content (AvgIpc) is 2.72. The summed E-state index contributed by atoms with van der Waals surface area (Å²) >= 11 is 6.27. The number of hydrogen-bond donors (Lipinski definition) is 1. The molecule has 3 rings (SSSR count). The highest BCUT2D eigenvalue weighted by Crippen LogP contribution is 2.43. The number of halogens is 1. The number of anilines is 1. The minimum absolute atomic E-state index is 0.362. The Hall–Kier alpha value is -1.48. The molecule has 4 heteroatoms. The van der Waals surface area contributed by atoms with Crippen LogP contribution in [0.2, 0.25) is 5.02 Å². The molecule has 0 bridgehead atoms. The topological polar surface area (TPSA) is 52.0 Å². The molecule has 94 valence electrons. The molecule has 2 unspecified atom stereocenters. The molecule has 0 saturated carbocycles. The molecular formula is C14H15ClN2O. The zero-order chi connectivity index (χ0) is 12.7. The van der Waals surface area contributed by atoms with Gasteiger partial charge >= 0.3 is 0 Å². The average molecular weight is 263 g/mol. The zero-order valence-corrected chi connectivity index (χ0v) is 10.9. The van der Waals surface area contributed by atoms with Crippen LogP contribution in [-0.2, 0) is 6.42 Å². The molecule has 0 spiro atoms. The molecule has 1 aromatic carbocycles. The van der Waals surface area contributed by atoms with Crippen molar-refractivity contribution in [3.63, 3.8) is 0 Å². The van der Waals surface area contributed by atoms with Crippen LogP contribution in [0, 0.1) is 0 Å². The summed E-state index contributed by atoms with van der Waals surface area (Å²) in [6.45, 7) is 2.16. The van der Waals surface area contributed by atoms with E-state index in [1.54, 1.807) is 0 Å². The van der Waals surface area contributed by atoms with Crippen molar-refractivity contribution in [1.29, 1.82) is 0 Å². The summed E-state index contributed by atoms with van der Waals surface area (Å²) in [5, 5.41) is 4.90. The van der Waals surface area contributed by atoms with Crippen LogP contribution in [0.25, 0.3) is 0 Å². The molecule has 0 radical (unpaired) electrons. The molecule has 0 aliphatic heterocycles. The highest BCUT2D eigenvalue weighted by Gasteiger charge is 2.31. The Morgan fingerprint density at radius 1 is 1.39 bits per heavy atom. The third-order valence-electron chi connectivity index (χ3n) is 3.75. The number of fused-ring (bicyclic) bond motifs is 1. The number of hydrogen-bond acceptors (Lipinski definition) is 3. The SMILES string of the molecule is CC1CC(c2ccccc2Cl)Cc2noc(N)c21. The predicted octanol–water partition coefficient (Wildman–Crippen LogP) is 3.74. The number of nitrogen functional groups attached to an aromatic ring is 1. The Bertz CT molecular complexity index is 579. The molecular weight excluding hydrogens is 248 g/mol. The van der Waals surface area contributed by atoms with E-state index < -0.39 is 0 Å². The van der Waals surface area contributed by atoms with Crippen LogP contribution >= 0.6 is 11.6 Å². The smallest absolute Gasteiger partial charge is 0.225 e. The Morgan fingerprint density at radius 3 is 2.94 bits per heavy atom. The molecule has 0 saturated heterocycles. The first-order valence-electron chi connectivity index (χ1n) is 6.15. The van der Waals surface area contributed by atoms with Gasteiger partial charge in [-0.3, -0.25) is 0 Å². The van der Waals surface area contributed by atoms with Gasteiger partial charge in [0.05, 0.1) is 5.69 Å². The fourth-order valence-electron chi connectivity index (χ4n) is 2.92. The van der Waals surface area contributed by atoms with Crippen molar-refractivity contribution in [2.45, 2.75) is 31.6 Å². The first-order valence-corrected chi connectivity index (χ1v) is 6.53. The van der Waals surface area contributed by atoms with E-state index in [0.717, 1.165) is 29.1 Å². The van der Waals surface area contributed by atoms with Crippen LogP contribution in [0.15, 0.2) is 28.8 Å². The second-order valence-corrected chi connectivity index (χ2v) is 5.37. The molecule has 1 aromatic heterocycles. The first kappa shape index (κ1) is 11.6. The molecule has 0 fully saturated rings. The van der Waals surface area contributed by atoms with E-state index in [1.165, 1.54) is 5.56 Å². The monoisotopic (exact) mass is 262 g/mol. The summed E-state index contributed by atoms with van der Waals surface area (Å²) in [7, 11) is 0. The molecule has 1 aliphatic carbocycles. The normalized spacial score (nSPS) is 22.8. The van der Waals surface area contributed by atoms with Crippen LogP contribution in [0.4, 0.5) is 5.88 Å². The van der Waals surface area contributed by atoms with Gasteiger partial charge in [-0.1, -0.05) is 41.9 Å². The van der Waals surface area contributed by atoms with Crippen LogP contribution in [0.5, 0.6) is 0 Å². The van der Waals surface area contributed by atoms with E-state index >= 15 is 0 Å². The summed E-state index contributed by atoms with van der Waals surface area (Å²) in [5.74, 6) is 1.22. The lowest BCUT2D eigenvalue weighted by molar-refractivity contribution is 0.423. The van der Waals surface area contributed by atoms with E-state index in [9.17, 15) is 0 Å². The lowest BCUT2D eigenvalue weighted by atomic mass is 9.77. The van der Waals surface area contributed by atoms with Crippen LogP contribution in [0.1, 0.15) is 42.0 Å². The molecule has 2 N–H and O–H groups in total. The van der Waals surface area contributed by atoms with Gasteiger partial charge in [-0.15, -0.1) is 0 Å². The number of nitrogens with zero attached hydrogens (tertiary/aromatic N) is 1. The maximum Gasteiger partial charge on any atom is 0.225 e. The van der Waals surface area contributed by atoms with Crippen LogP contribution in [0.3, 0.4) is 0 Å². The van der Waals surface area contributed by atoms with Crippen LogP contribution < -0.4 is 5.73 Å². The number of aromatic nitrogens is 1. The van der Waals surface area contributed by atoms with Gasteiger partial charge in [0.15, 0.2) is 0 Å². The van der Waals surface area contributed by atoms with Gasteiger partial charge in [0.25, 0.3) is 0 Å². The minimum Gasteiger partial charge on any atom is -0.367 e. The van der Waals surface area contributed by atoms with Gasteiger partial charge in [0.2, 0.25) is 5.88 Å². The van der Waals surface area contributed by atoms with Gasteiger partial charge in [-0.25, -0.2) is 0 Å². The van der Waals surface area contributed by atoms with Gasteiger partial charge < -0.3 is 10.3 Å². The fraction of sp³-hybridized carbons (Fsp3) is 0.357. The highest BCUT2D eigenvalue weighted by molar-refractivity contribution is 6.31. The van der Waals surface area contributed by atoms with Crippen LogP contribution in [-0.4, -0.2) is 5.16 Å². The van der Waals surface area contributed by atoms with Gasteiger partial charge in [0.1, 0.15) is 0 Å². The number of rotatable bonds is 1. The van der Waals surface area contributed by atoms with E-state index in [0.29, 0.717) is 17.7 Å². The quantitative estimate of drug-likeness (QED) is 0.852. The number of benzene rings is 1.